The first-order chi connectivity index (χ1) is 8.33. The summed E-state index contributed by atoms with van der Waals surface area (Å²) in [5.41, 5.74) is 2.31. The number of hydrogen-bond donors (Lipinski definition) is 1. The molecule has 0 fully saturated rings. The third kappa shape index (κ3) is 3.18. The third-order valence-electron chi connectivity index (χ3n) is 2.94. The molecular weight excluding hydrogens is 232 g/mol. The molecule has 0 saturated carbocycles. The Morgan fingerprint density at radius 3 is 3.00 bits per heavy atom. The Bertz CT molecular complexity index is 480. The maximum absolute atomic E-state index is 5.86. The van der Waals surface area contributed by atoms with E-state index < -0.39 is 0 Å². The lowest BCUT2D eigenvalue weighted by atomic mass is 10.1. The molecule has 0 amide bonds. The van der Waals surface area contributed by atoms with Gasteiger partial charge in [-0.2, -0.15) is 0 Å². The number of pyridine rings is 1. The molecule has 2 rings (SSSR count). The zero-order chi connectivity index (χ0) is 12.1. The standard InChI is InChI=1S/C14H17ClN2/c1-2-13(9-15)17-10-11-5-6-14-12(8-11)4-3-7-16-14/h3-8,13,17H,2,9-10H2,1H3. The lowest BCUT2D eigenvalue weighted by Gasteiger charge is -2.13. The molecule has 1 heterocycles. The van der Waals surface area contributed by atoms with Crippen LogP contribution in [0.15, 0.2) is 36.5 Å². The van der Waals surface area contributed by atoms with Crippen molar-refractivity contribution in [3.63, 3.8) is 0 Å². The van der Waals surface area contributed by atoms with Crippen LogP contribution in [0.25, 0.3) is 10.9 Å². The van der Waals surface area contributed by atoms with Gasteiger partial charge < -0.3 is 5.32 Å². The van der Waals surface area contributed by atoms with Crippen molar-refractivity contribution in [1.82, 2.24) is 10.3 Å². The predicted octanol–water partition coefficient (Wildman–Crippen LogP) is 3.34. The van der Waals surface area contributed by atoms with E-state index in [0.29, 0.717) is 11.9 Å². The number of alkyl halides is 1. The SMILES string of the molecule is CCC(CCl)NCc1ccc2ncccc2c1. The second-order valence-electron chi connectivity index (χ2n) is 4.17. The highest BCUT2D eigenvalue weighted by Gasteiger charge is 2.03. The van der Waals surface area contributed by atoms with E-state index in [1.165, 1.54) is 10.9 Å². The van der Waals surface area contributed by atoms with Crippen molar-refractivity contribution in [2.75, 3.05) is 5.88 Å². The minimum absolute atomic E-state index is 0.390. The van der Waals surface area contributed by atoms with E-state index in [1.807, 2.05) is 12.3 Å². The van der Waals surface area contributed by atoms with E-state index in [1.54, 1.807) is 0 Å². The zero-order valence-electron chi connectivity index (χ0n) is 9.99. The average Bonchev–Trinajstić information content (AvgIpc) is 2.40. The van der Waals surface area contributed by atoms with Crippen molar-refractivity contribution in [2.24, 2.45) is 0 Å². The van der Waals surface area contributed by atoms with Crippen LogP contribution in [0.3, 0.4) is 0 Å². The fraction of sp³-hybridized carbons (Fsp3) is 0.357. The van der Waals surface area contributed by atoms with Gasteiger partial charge in [-0.1, -0.05) is 19.1 Å². The van der Waals surface area contributed by atoms with Gasteiger partial charge in [0.05, 0.1) is 5.52 Å². The molecule has 0 aliphatic heterocycles. The maximum atomic E-state index is 5.86. The van der Waals surface area contributed by atoms with Crippen LogP contribution in [-0.2, 0) is 6.54 Å². The summed E-state index contributed by atoms with van der Waals surface area (Å²) >= 11 is 5.86. The van der Waals surface area contributed by atoms with Crippen LogP contribution in [0.1, 0.15) is 18.9 Å². The molecule has 0 spiro atoms. The summed E-state index contributed by atoms with van der Waals surface area (Å²) in [6.45, 7) is 3.00. The molecule has 1 N–H and O–H groups in total. The second kappa shape index (κ2) is 5.99. The Morgan fingerprint density at radius 1 is 1.35 bits per heavy atom. The first-order valence-corrected chi connectivity index (χ1v) is 6.50. The van der Waals surface area contributed by atoms with Crippen molar-refractivity contribution in [3.05, 3.63) is 42.1 Å². The van der Waals surface area contributed by atoms with Gasteiger partial charge in [0.15, 0.2) is 0 Å². The van der Waals surface area contributed by atoms with E-state index in [0.717, 1.165) is 18.5 Å². The van der Waals surface area contributed by atoms with Crippen LogP contribution in [0.4, 0.5) is 0 Å². The third-order valence-corrected chi connectivity index (χ3v) is 3.31. The van der Waals surface area contributed by atoms with Crippen LogP contribution in [-0.4, -0.2) is 16.9 Å². The smallest absolute Gasteiger partial charge is 0.0702 e. The Morgan fingerprint density at radius 2 is 2.24 bits per heavy atom. The molecule has 0 aliphatic rings. The van der Waals surface area contributed by atoms with Gasteiger partial charge in [-0.05, 0) is 30.2 Å². The minimum Gasteiger partial charge on any atom is -0.309 e. The monoisotopic (exact) mass is 248 g/mol. The zero-order valence-corrected chi connectivity index (χ0v) is 10.7. The van der Waals surface area contributed by atoms with Gasteiger partial charge in [0, 0.05) is 30.0 Å². The van der Waals surface area contributed by atoms with Crippen molar-refractivity contribution >= 4 is 22.5 Å². The van der Waals surface area contributed by atoms with Gasteiger partial charge in [0.25, 0.3) is 0 Å². The molecule has 17 heavy (non-hydrogen) atoms. The van der Waals surface area contributed by atoms with Crippen LogP contribution in [0.5, 0.6) is 0 Å². The van der Waals surface area contributed by atoms with E-state index in [4.69, 9.17) is 11.6 Å². The van der Waals surface area contributed by atoms with E-state index in [9.17, 15) is 0 Å². The molecule has 1 atom stereocenters. The molecule has 1 aromatic carbocycles. The van der Waals surface area contributed by atoms with Crippen molar-refractivity contribution in [2.45, 2.75) is 25.9 Å². The van der Waals surface area contributed by atoms with E-state index in [-0.39, 0.29) is 0 Å². The van der Waals surface area contributed by atoms with Crippen LogP contribution in [0.2, 0.25) is 0 Å². The van der Waals surface area contributed by atoms with Gasteiger partial charge >= 0.3 is 0 Å². The summed E-state index contributed by atoms with van der Waals surface area (Å²) < 4.78 is 0. The van der Waals surface area contributed by atoms with Gasteiger partial charge in [0.2, 0.25) is 0 Å². The largest absolute Gasteiger partial charge is 0.309 e. The molecule has 90 valence electrons. The number of fused-ring (bicyclic) bond motifs is 1. The van der Waals surface area contributed by atoms with Crippen molar-refractivity contribution in [3.8, 4) is 0 Å². The highest BCUT2D eigenvalue weighted by molar-refractivity contribution is 6.18. The molecular formula is C14H17ClN2. The summed E-state index contributed by atoms with van der Waals surface area (Å²) in [6.07, 6.45) is 2.87. The fourth-order valence-corrected chi connectivity index (χ4v) is 2.13. The van der Waals surface area contributed by atoms with Crippen LogP contribution < -0.4 is 5.32 Å². The molecule has 0 radical (unpaired) electrons. The minimum atomic E-state index is 0.390. The number of benzene rings is 1. The molecule has 0 saturated heterocycles. The van der Waals surface area contributed by atoms with Gasteiger partial charge in [0.1, 0.15) is 0 Å². The van der Waals surface area contributed by atoms with Crippen molar-refractivity contribution < 1.29 is 0 Å². The summed E-state index contributed by atoms with van der Waals surface area (Å²) in [5.74, 6) is 0.658. The predicted molar refractivity (Wildman–Crippen MR) is 73.4 cm³/mol. The molecule has 2 aromatic rings. The van der Waals surface area contributed by atoms with Gasteiger partial charge in [-0.25, -0.2) is 0 Å². The Kier molecular flexibility index (Phi) is 4.35. The molecule has 2 nitrogen and oxygen atoms in total. The van der Waals surface area contributed by atoms with Crippen molar-refractivity contribution in [1.29, 1.82) is 0 Å². The van der Waals surface area contributed by atoms with E-state index in [2.05, 4.69) is 41.5 Å². The Hall–Kier alpha value is -1.12. The number of aromatic nitrogens is 1. The second-order valence-corrected chi connectivity index (χ2v) is 4.48. The maximum Gasteiger partial charge on any atom is 0.0702 e. The highest BCUT2D eigenvalue weighted by atomic mass is 35.5. The molecule has 0 bridgehead atoms. The first kappa shape index (κ1) is 12.3. The number of nitrogens with one attached hydrogen (secondary N) is 1. The highest BCUT2D eigenvalue weighted by Crippen LogP contribution is 2.13. The molecule has 1 unspecified atom stereocenters. The number of hydrogen-bond acceptors (Lipinski definition) is 2. The summed E-state index contributed by atoms with van der Waals surface area (Å²) in [5, 5.41) is 4.63. The summed E-state index contributed by atoms with van der Waals surface area (Å²) in [4.78, 5) is 4.31. The van der Waals surface area contributed by atoms with Crippen LogP contribution >= 0.6 is 11.6 Å². The normalized spacial score (nSPS) is 12.8. The summed E-state index contributed by atoms with van der Waals surface area (Å²) in [7, 11) is 0. The van der Waals surface area contributed by atoms with Crippen LogP contribution in [0, 0.1) is 0 Å². The molecule has 0 aliphatic carbocycles. The number of halogens is 1. The topological polar surface area (TPSA) is 24.9 Å². The van der Waals surface area contributed by atoms with Gasteiger partial charge in [-0.3, -0.25) is 4.98 Å². The average molecular weight is 249 g/mol. The van der Waals surface area contributed by atoms with Gasteiger partial charge in [-0.15, -0.1) is 11.6 Å². The lowest BCUT2D eigenvalue weighted by molar-refractivity contribution is 0.539. The first-order valence-electron chi connectivity index (χ1n) is 5.96. The molecule has 3 heteroatoms. The summed E-state index contributed by atoms with van der Waals surface area (Å²) in [6, 6.07) is 10.8. The lowest BCUT2D eigenvalue weighted by Crippen LogP contribution is -2.29. The molecule has 1 aromatic heterocycles. The van der Waals surface area contributed by atoms with E-state index >= 15 is 0 Å². The fourth-order valence-electron chi connectivity index (χ4n) is 1.81. The Labute approximate surface area is 107 Å². The number of rotatable bonds is 5. The number of nitrogens with zero attached hydrogens (tertiary/aromatic N) is 1. The Balaban J connectivity index is 2.09. The quantitative estimate of drug-likeness (QED) is 0.821.